The summed E-state index contributed by atoms with van der Waals surface area (Å²) in [7, 11) is 0. The minimum Gasteiger partial charge on any atom is -0.480 e. The first-order chi connectivity index (χ1) is 8.41. The molecule has 1 aromatic carbocycles. The van der Waals surface area contributed by atoms with E-state index in [9.17, 15) is 4.79 Å². The summed E-state index contributed by atoms with van der Waals surface area (Å²) < 4.78 is 5.04. The molecule has 96 valence electrons. The van der Waals surface area contributed by atoms with E-state index in [1.807, 2.05) is 13.8 Å². The van der Waals surface area contributed by atoms with E-state index in [4.69, 9.17) is 33.0 Å². The van der Waals surface area contributed by atoms with Crippen molar-refractivity contribution >= 4 is 29.2 Å². The van der Waals surface area contributed by atoms with Gasteiger partial charge in [-0.15, -0.1) is 0 Å². The number of ether oxygens (including phenoxy) is 1. The van der Waals surface area contributed by atoms with Crippen molar-refractivity contribution in [1.29, 1.82) is 0 Å². The van der Waals surface area contributed by atoms with E-state index < -0.39 is 12.6 Å². The zero-order chi connectivity index (χ0) is 13.7. The summed E-state index contributed by atoms with van der Waals surface area (Å²) in [6, 6.07) is 3.10. The van der Waals surface area contributed by atoms with Gasteiger partial charge in [-0.1, -0.05) is 48.9 Å². The second-order valence-corrected chi connectivity index (χ2v) is 4.63. The number of hydrogen-bond donors (Lipinski definition) is 1. The molecule has 0 radical (unpaired) electrons. The van der Waals surface area contributed by atoms with Crippen molar-refractivity contribution in [3.8, 4) is 17.6 Å². The van der Waals surface area contributed by atoms with Crippen LogP contribution in [0, 0.1) is 17.8 Å². The number of carbonyl (C=O) groups is 1. The molecule has 0 aromatic heterocycles. The molecular weight excluding hydrogens is 275 g/mol. The molecule has 0 aliphatic carbocycles. The third-order valence-electron chi connectivity index (χ3n) is 1.89. The van der Waals surface area contributed by atoms with Gasteiger partial charge in [0.25, 0.3) is 0 Å². The first-order valence-electron chi connectivity index (χ1n) is 5.26. The molecule has 1 aromatic rings. The smallest absolute Gasteiger partial charge is 0.341 e. The SMILES string of the molecule is CC(C)C#Cc1c(Cl)ccc(OCC(=O)O)c1Cl. The normalized spacial score (nSPS) is 9.83. The van der Waals surface area contributed by atoms with Gasteiger partial charge in [0.2, 0.25) is 0 Å². The second kappa shape index (κ2) is 6.53. The minimum atomic E-state index is -1.07. The van der Waals surface area contributed by atoms with Crippen molar-refractivity contribution in [1.82, 2.24) is 0 Å². The van der Waals surface area contributed by atoms with Crippen molar-refractivity contribution in [2.75, 3.05) is 6.61 Å². The maximum atomic E-state index is 10.4. The highest BCUT2D eigenvalue weighted by molar-refractivity contribution is 6.37. The summed E-state index contributed by atoms with van der Waals surface area (Å²) in [5, 5.41) is 9.19. The van der Waals surface area contributed by atoms with Crippen LogP contribution in [0.25, 0.3) is 0 Å². The molecule has 18 heavy (non-hydrogen) atoms. The molecule has 1 N–H and O–H groups in total. The van der Waals surface area contributed by atoms with E-state index in [1.165, 1.54) is 6.07 Å². The van der Waals surface area contributed by atoms with Crippen LogP contribution >= 0.6 is 23.2 Å². The molecule has 0 heterocycles. The molecule has 0 amide bonds. The molecule has 0 atom stereocenters. The summed E-state index contributed by atoms with van der Waals surface area (Å²) >= 11 is 12.1. The molecule has 0 aliphatic heterocycles. The van der Waals surface area contributed by atoms with Gasteiger partial charge in [0.1, 0.15) is 5.75 Å². The summed E-state index contributed by atoms with van der Waals surface area (Å²) in [5.74, 6) is 5.18. The highest BCUT2D eigenvalue weighted by Gasteiger charge is 2.11. The Kier molecular flexibility index (Phi) is 5.33. The topological polar surface area (TPSA) is 46.5 Å². The van der Waals surface area contributed by atoms with Crippen LogP contribution in [0.5, 0.6) is 5.75 Å². The van der Waals surface area contributed by atoms with Crippen molar-refractivity contribution in [3.63, 3.8) is 0 Å². The Bertz CT molecular complexity index is 513. The Morgan fingerprint density at radius 3 is 2.67 bits per heavy atom. The number of rotatable bonds is 3. The highest BCUT2D eigenvalue weighted by Crippen LogP contribution is 2.32. The van der Waals surface area contributed by atoms with E-state index in [-0.39, 0.29) is 16.7 Å². The molecule has 0 fully saturated rings. The molecule has 0 spiro atoms. The largest absolute Gasteiger partial charge is 0.480 e. The average Bonchev–Trinajstić information content (AvgIpc) is 2.27. The number of carboxylic acid groups (broad SMARTS) is 1. The molecule has 0 saturated carbocycles. The highest BCUT2D eigenvalue weighted by atomic mass is 35.5. The first-order valence-corrected chi connectivity index (χ1v) is 6.01. The van der Waals surface area contributed by atoms with Crippen LogP contribution in [-0.4, -0.2) is 17.7 Å². The zero-order valence-electron chi connectivity index (χ0n) is 9.96. The number of aliphatic carboxylic acids is 1. The van der Waals surface area contributed by atoms with E-state index >= 15 is 0 Å². The fourth-order valence-electron chi connectivity index (χ4n) is 1.12. The van der Waals surface area contributed by atoms with Gasteiger partial charge in [-0.05, 0) is 12.1 Å². The lowest BCUT2D eigenvalue weighted by molar-refractivity contribution is -0.139. The van der Waals surface area contributed by atoms with Gasteiger partial charge in [-0.25, -0.2) is 4.79 Å². The van der Waals surface area contributed by atoms with E-state index in [0.717, 1.165) is 0 Å². The van der Waals surface area contributed by atoms with Gasteiger partial charge >= 0.3 is 5.97 Å². The monoisotopic (exact) mass is 286 g/mol. The molecule has 0 bridgehead atoms. The van der Waals surface area contributed by atoms with Gasteiger partial charge in [-0.3, -0.25) is 0 Å². The van der Waals surface area contributed by atoms with Crippen LogP contribution in [0.4, 0.5) is 0 Å². The second-order valence-electron chi connectivity index (χ2n) is 3.84. The van der Waals surface area contributed by atoms with E-state index in [1.54, 1.807) is 6.07 Å². The van der Waals surface area contributed by atoms with Crippen molar-refractivity contribution in [2.24, 2.45) is 5.92 Å². The molecule has 3 nitrogen and oxygen atoms in total. The van der Waals surface area contributed by atoms with Crippen LogP contribution in [0.1, 0.15) is 19.4 Å². The fraction of sp³-hybridized carbons (Fsp3) is 0.308. The number of carboxylic acids is 1. The molecule has 5 heteroatoms. The maximum Gasteiger partial charge on any atom is 0.341 e. The minimum absolute atomic E-state index is 0.181. The first kappa shape index (κ1) is 14.7. The Morgan fingerprint density at radius 1 is 1.44 bits per heavy atom. The van der Waals surface area contributed by atoms with Crippen LogP contribution in [0.2, 0.25) is 10.0 Å². The average molecular weight is 287 g/mol. The molecule has 0 unspecified atom stereocenters. The lowest BCUT2D eigenvalue weighted by Crippen LogP contribution is -2.09. The van der Waals surface area contributed by atoms with Crippen LogP contribution in [0.15, 0.2) is 12.1 Å². The molecule has 0 aliphatic rings. The fourth-order valence-corrected chi connectivity index (χ4v) is 1.64. The van der Waals surface area contributed by atoms with Crippen LogP contribution in [0.3, 0.4) is 0 Å². The van der Waals surface area contributed by atoms with Crippen LogP contribution in [-0.2, 0) is 4.79 Å². The van der Waals surface area contributed by atoms with Gasteiger partial charge in [0, 0.05) is 5.92 Å². The summed E-state index contributed by atoms with van der Waals surface area (Å²) in [4.78, 5) is 10.4. The Morgan fingerprint density at radius 2 is 2.11 bits per heavy atom. The van der Waals surface area contributed by atoms with Gasteiger partial charge in [0.15, 0.2) is 6.61 Å². The third kappa shape index (κ3) is 4.14. The molecule has 1 rings (SSSR count). The number of benzene rings is 1. The summed E-state index contributed by atoms with van der Waals surface area (Å²) in [6.45, 7) is 3.43. The number of halogens is 2. The standard InChI is InChI=1S/C13H12Cl2O3/c1-8(2)3-4-9-10(14)5-6-11(13(9)15)18-7-12(16)17/h5-6,8H,7H2,1-2H3,(H,16,17). The number of hydrogen-bond acceptors (Lipinski definition) is 2. The Hall–Kier alpha value is -1.37. The van der Waals surface area contributed by atoms with Gasteiger partial charge in [-0.2, -0.15) is 0 Å². The molecular formula is C13H12Cl2O3. The lowest BCUT2D eigenvalue weighted by atomic mass is 10.1. The van der Waals surface area contributed by atoms with Crippen molar-refractivity contribution < 1.29 is 14.6 Å². The Labute approximate surface area is 116 Å². The lowest BCUT2D eigenvalue weighted by Gasteiger charge is -2.08. The predicted octanol–water partition coefficient (Wildman–Crippen LogP) is 3.46. The van der Waals surface area contributed by atoms with Crippen LogP contribution < -0.4 is 4.74 Å². The predicted molar refractivity (Wildman–Crippen MR) is 71.3 cm³/mol. The van der Waals surface area contributed by atoms with E-state index in [0.29, 0.717) is 10.6 Å². The summed E-state index contributed by atoms with van der Waals surface area (Å²) in [5.41, 5.74) is 0.454. The van der Waals surface area contributed by atoms with Crippen molar-refractivity contribution in [3.05, 3.63) is 27.7 Å². The van der Waals surface area contributed by atoms with E-state index in [2.05, 4.69) is 11.8 Å². The Balaban J connectivity index is 3.08. The van der Waals surface area contributed by atoms with Gasteiger partial charge in [0.05, 0.1) is 15.6 Å². The van der Waals surface area contributed by atoms with Gasteiger partial charge < -0.3 is 9.84 Å². The zero-order valence-corrected chi connectivity index (χ0v) is 11.5. The molecule has 0 saturated heterocycles. The summed E-state index contributed by atoms with van der Waals surface area (Å²) in [6.07, 6.45) is 0. The maximum absolute atomic E-state index is 10.4. The van der Waals surface area contributed by atoms with Crippen molar-refractivity contribution in [2.45, 2.75) is 13.8 Å². The third-order valence-corrected chi connectivity index (χ3v) is 2.58. The quantitative estimate of drug-likeness (QED) is 0.866.